The van der Waals surface area contributed by atoms with Gasteiger partial charge in [0.2, 0.25) is 0 Å². The van der Waals surface area contributed by atoms with Crippen LogP contribution in [0.5, 0.6) is 0 Å². The van der Waals surface area contributed by atoms with Crippen LogP contribution in [0.4, 0.5) is 5.82 Å². The molecule has 3 heterocycles. The minimum Gasteiger partial charge on any atom is -0.352 e. The molecule has 0 saturated carbocycles. The van der Waals surface area contributed by atoms with Crippen molar-refractivity contribution in [2.75, 3.05) is 11.4 Å². The third-order valence-electron chi connectivity index (χ3n) is 5.53. The number of imidazole rings is 1. The number of aromatic nitrogens is 2. The Labute approximate surface area is 136 Å². The van der Waals surface area contributed by atoms with E-state index in [1.54, 1.807) is 11.1 Å². The summed E-state index contributed by atoms with van der Waals surface area (Å²) in [4.78, 5) is 7.39. The molecule has 0 amide bonds. The lowest BCUT2D eigenvalue weighted by Crippen LogP contribution is -2.46. The van der Waals surface area contributed by atoms with Crippen molar-refractivity contribution in [3.8, 4) is 0 Å². The summed E-state index contributed by atoms with van der Waals surface area (Å²) in [7, 11) is 0. The highest BCUT2D eigenvalue weighted by atomic mass is 15.3. The van der Waals surface area contributed by atoms with Crippen molar-refractivity contribution >= 4 is 11.5 Å². The molecule has 2 atom stereocenters. The molecule has 2 aromatic heterocycles. The van der Waals surface area contributed by atoms with Gasteiger partial charge in [-0.1, -0.05) is 24.3 Å². The lowest BCUT2D eigenvalue weighted by Gasteiger charge is -2.45. The zero-order valence-corrected chi connectivity index (χ0v) is 13.2. The predicted molar refractivity (Wildman–Crippen MR) is 91.9 cm³/mol. The summed E-state index contributed by atoms with van der Waals surface area (Å²) in [5.74, 6) is 1.78. The Bertz CT molecular complexity index is 818. The summed E-state index contributed by atoms with van der Waals surface area (Å²) in [6.07, 6.45) is 9.18. The van der Waals surface area contributed by atoms with E-state index in [0.29, 0.717) is 12.0 Å². The minimum atomic E-state index is 0.590. The molecule has 3 aromatic rings. The van der Waals surface area contributed by atoms with Gasteiger partial charge in [0, 0.05) is 24.7 Å². The summed E-state index contributed by atoms with van der Waals surface area (Å²) in [5, 5.41) is 0. The van der Waals surface area contributed by atoms with Crippen LogP contribution in [0.1, 0.15) is 36.3 Å². The number of aryl methyl sites for hydroxylation is 1. The molecular formula is C20H20N3. The monoisotopic (exact) mass is 302 g/mol. The molecule has 1 fully saturated rings. The van der Waals surface area contributed by atoms with Gasteiger partial charge in [-0.3, -0.25) is 0 Å². The fraction of sp³-hybridized carbons (Fsp3) is 0.350. The van der Waals surface area contributed by atoms with E-state index in [1.807, 2.05) is 18.3 Å². The molecule has 1 aliphatic heterocycles. The maximum Gasteiger partial charge on any atom is 0.148 e. The topological polar surface area (TPSA) is 20.5 Å². The number of piperidine rings is 1. The first kappa shape index (κ1) is 13.2. The van der Waals surface area contributed by atoms with E-state index in [4.69, 9.17) is 4.98 Å². The van der Waals surface area contributed by atoms with Gasteiger partial charge in [-0.25, -0.2) is 4.98 Å². The molecule has 2 aliphatic rings. The number of hydrogen-bond acceptors (Lipinski definition) is 2. The predicted octanol–water partition coefficient (Wildman–Crippen LogP) is 3.83. The van der Waals surface area contributed by atoms with E-state index in [2.05, 4.69) is 45.8 Å². The van der Waals surface area contributed by atoms with Gasteiger partial charge in [0.25, 0.3) is 0 Å². The first-order chi connectivity index (χ1) is 11.4. The zero-order chi connectivity index (χ0) is 15.2. The van der Waals surface area contributed by atoms with E-state index < -0.39 is 0 Å². The summed E-state index contributed by atoms with van der Waals surface area (Å²) in [6, 6.07) is 16.6. The lowest BCUT2D eigenvalue weighted by molar-refractivity contribution is 0.364. The summed E-state index contributed by atoms with van der Waals surface area (Å²) in [5.41, 5.74) is 4.12. The largest absolute Gasteiger partial charge is 0.352 e. The van der Waals surface area contributed by atoms with E-state index in [9.17, 15) is 0 Å². The van der Waals surface area contributed by atoms with Crippen molar-refractivity contribution in [2.45, 2.75) is 37.6 Å². The van der Waals surface area contributed by atoms with Gasteiger partial charge in [0.1, 0.15) is 11.5 Å². The Hall–Kier alpha value is -2.29. The van der Waals surface area contributed by atoms with Crippen LogP contribution in [-0.2, 0) is 6.42 Å². The molecular weight excluding hydrogens is 282 g/mol. The quantitative estimate of drug-likeness (QED) is 0.681. The van der Waals surface area contributed by atoms with Crippen molar-refractivity contribution < 1.29 is 0 Å². The molecule has 3 heteroatoms. The standard InChI is InChI=1S/C20H20N3/c1-2-7-16-15(6-1)10-11-18-17(16)8-5-13-23(18)20-14-22-12-4-3-9-19(22)21-20/h1-2,4,6-7,9,12,14,17-18H,5,8,10-11,13H2/t17-,18+/m0/s1. The summed E-state index contributed by atoms with van der Waals surface area (Å²) in [6.45, 7) is 1.12. The molecule has 0 N–H and O–H groups in total. The normalized spacial score (nSPS) is 23.6. The first-order valence-corrected chi connectivity index (χ1v) is 8.59. The van der Waals surface area contributed by atoms with Crippen molar-refractivity contribution in [2.24, 2.45) is 0 Å². The molecule has 1 radical (unpaired) electrons. The zero-order valence-electron chi connectivity index (χ0n) is 13.2. The summed E-state index contributed by atoms with van der Waals surface area (Å²) < 4.78 is 2.10. The van der Waals surface area contributed by atoms with Crippen LogP contribution in [0.2, 0.25) is 0 Å². The number of nitrogens with zero attached hydrogens (tertiary/aromatic N) is 3. The molecule has 23 heavy (non-hydrogen) atoms. The average Bonchev–Trinajstić information content (AvgIpc) is 3.05. The molecule has 0 bridgehead atoms. The molecule has 1 aliphatic carbocycles. The second kappa shape index (κ2) is 5.12. The fourth-order valence-electron chi connectivity index (χ4n) is 4.49. The maximum absolute atomic E-state index is 4.84. The van der Waals surface area contributed by atoms with Crippen molar-refractivity contribution in [3.63, 3.8) is 0 Å². The molecule has 1 aromatic carbocycles. The van der Waals surface area contributed by atoms with Gasteiger partial charge in [-0.05, 0) is 55.0 Å². The number of hydrogen-bond donors (Lipinski definition) is 0. The number of fused-ring (bicyclic) bond motifs is 4. The Balaban J connectivity index is 1.54. The molecule has 115 valence electrons. The van der Waals surface area contributed by atoms with Crippen molar-refractivity contribution in [1.29, 1.82) is 0 Å². The number of rotatable bonds is 1. The fourth-order valence-corrected chi connectivity index (χ4v) is 4.49. The Kier molecular flexibility index (Phi) is 2.93. The van der Waals surface area contributed by atoms with E-state index in [1.165, 1.54) is 25.7 Å². The van der Waals surface area contributed by atoms with E-state index >= 15 is 0 Å². The Morgan fingerprint density at radius 2 is 2.13 bits per heavy atom. The Morgan fingerprint density at radius 1 is 1.17 bits per heavy atom. The van der Waals surface area contributed by atoms with Gasteiger partial charge < -0.3 is 9.30 Å². The molecule has 3 nitrogen and oxygen atoms in total. The second-order valence-electron chi connectivity index (χ2n) is 6.74. The molecule has 1 saturated heterocycles. The van der Waals surface area contributed by atoms with E-state index in [-0.39, 0.29) is 0 Å². The highest BCUT2D eigenvalue weighted by Gasteiger charge is 2.36. The molecule has 5 rings (SSSR count). The Morgan fingerprint density at radius 3 is 3.09 bits per heavy atom. The van der Waals surface area contributed by atoms with Crippen molar-refractivity contribution in [3.05, 3.63) is 66.0 Å². The van der Waals surface area contributed by atoms with E-state index in [0.717, 1.165) is 18.0 Å². The number of benzene rings is 1. The summed E-state index contributed by atoms with van der Waals surface area (Å²) >= 11 is 0. The average molecular weight is 302 g/mol. The van der Waals surface area contributed by atoms with Crippen LogP contribution in [0.15, 0.2) is 48.8 Å². The SMILES string of the molecule is [c]1ccn2cc(N3CCC[C@H]4c5ccccc5CC[C@H]43)nc2c1. The number of pyridine rings is 1. The van der Waals surface area contributed by atoms with Crippen LogP contribution in [0.25, 0.3) is 5.65 Å². The molecule has 0 unspecified atom stereocenters. The van der Waals surface area contributed by atoms with Gasteiger partial charge in [-0.2, -0.15) is 0 Å². The van der Waals surface area contributed by atoms with Gasteiger partial charge >= 0.3 is 0 Å². The highest BCUT2D eigenvalue weighted by molar-refractivity contribution is 5.52. The van der Waals surface area contributed by atoms with Gasteiger partial charge in [0.15, 0.2) is 0 Å². The van der Waals surface area contributed by atoms with Gasteiger partial charge in [0.05, 0.1) is 6.20 Å². The lowest BCUT2D eigenvalue weighted by atomic mass is 9.74. The highest BCUT2D eigenvalue weighted by Crippen LogP contribution is 2.41. The third kappa shape index (κ3) is 2.07. The first-order valence-electron chi connectivity index (χ1n) is 8.59. The number of anilines is 1. The maximum atomic E-state index is 4.84. The smallest absolute Gasteiger partial charge is 0.148 e. The third-order valence-corrected chi connectivity index (χ3v) is 5.53. The van der Waals surface area contributed by atoms with Crippen LogP contribution >= 0.6 is 0 Å². The van der Waals surface area contributed by atoms with Crippen LogP contribution in [0, 0.1) is 6.07 Å². The minimum absolute atomic E-state index is 0.590. The van der Waals surface area contributed by atoms with Crippen LogP contribution in [-0.4, -0.2) is 22.0 Å². The van der Waals surface area contributed by atoms with Crippen molar-refractivity contribution in [1.82, 2.24) is 9.38 Å². The second-order valence-corrected chi connectivity index (χ2v) is 6.74. The van der Waals surface area contributed by atoms with Gasteiger partial charge in [-0.15, -0.1) is 0 Å². The molecule has 0 spiro atoms. The van der Waals surface area contributed by atoms with Crippen LogP contribution in [0.3, 0.4) is 0 Å². The van der Waals surface area contributed by atoms with Crippen LogP contribution < -0.4 is 4.90 Å².